The second-order valence-electron chi connectivity index (χ2n) is 3.86. The van der Waals surface area contributed by atoms with Crippen LogP contribution in [0.3, 0.4) is 0 Å². The molecule has 0 aliphatic rings. The number of halogens is 2. The van der Waals surface area contributed by atoms with Crippen molar-refractivity contribution < 1.29 is 8.42 Å². The SMILES string of the molecule is O=S(=O)(N/N=C\c1cccc(Cl)c1)c1ccc(Cl)cc1. The lowest BCUT2D eigenvalue weighted by molar-refractivity contribution is 0.584. The van der Waals surface area contributed by atoms with Gasteiger partial charge in [-0.25, -0.2) is 4.83 Å². The van der Waals surface area contributed by atoms with Crippen molar-refractivity contribution in [1.82, 2.24) is 4.83 Å². The topological polar surface area (TPSA) is 58.5 Å². The first-order valence-corrected chi connectivity index (χ1v) is 7.77. The summed E-state index contributed by atoms with van der Waals surface area (Å²) in [6.45, 7) is 0. The van der Waals surface area contributed by atoms with Crippen LogP contribution in [0, 0.1) is 0 Å². The molecule has 7 heteroatoms. The van der Waals surface area contributed by atoms with E-state index in [2.05, 4.69) is 9.93 Å². The van der Waals surface area contributed by atoms with Gasteiger partial charge in [-0.1, -0.05) is 35.3 Å². The predicted molar refractivity (Wildman–Crippen MR) is 80.8 cm³/mol. The molecule has 0 bridgehead atoms. The van der Waals surface area contributed by atoms with Crippen LogP contribution in [-0.2, 0) is 10.0 Å². The van der Waals surface area contributed by atoms with E-state index < -0.39 is 10.0 Å². The van der Waals surface area contributed by atoms with Gasteiger partial charge >= 0.3 is 0 Å². The standard InChI is InChI=1S/C13H10Cl2N2O2S/c14-11-4-6-13(7-5-11)20(18,19)17-16-9-10-2-1-3-12(15)8-10/h1-9,17H/b16-9-. The van der Waals surface area contributed by atoms with Crippen molar-refractivity contribution in [3.63, 3.8) is 0 Å². The van der Waals surface area contributed by atoms with E-state index in [0.717, 1.165) is 0 Å². The van der Waals surface area contributed by atoms with Gasteiger partial charge in [0.1, 0.15) is 0 Å². The molecule has 0 aliphatic carbocycles. The minimum Gasteiger partial charge on any atom is -0.200 e. The van der Waals surface area contributed by atoms with Crippen molar-refractivity contribution >= 4 is 39.4 Å². The lowest BCUT2D eigenvalue weighted by Crippen LogP contribution is -2.18. The third-order valence-electron chi connectivity index (χ3n) is 2.36. The first kappa shape index (κ1) is 14.8. The maximum Gasteiger partial charge on any atom is 0.276 e. The Hall–Kier alpha value is -1.56. The zero-order valence-corrected chi connectivity index (χ0v) is 12.5. The fourth-order valence-corrected chi connectivity index (χ4v) is 2.54. The molecule has 2 aromatic rings. The highest BCUT2D eigenvalue weighted by Gasteiger charge is 2.11. The number of hydrogen-bond donors (Lipinski definition) is 1. The molecule has 2 aromatic carbocycles. The fraction of sp³-hybridized carbons (Fsp3) is 0. The van der Waals surface area contributed by atoms with Crippen LogP contribution in [0.2, 0.25) is 10.0 Å². The fourth-order valence-electron chi connectivity index (χ4n) is 1.42. The maximum atomic E-state index is 11.9. The summed E-state index contributed by atoms with van der Waals surface area (Å²) in [4.78, 5) is 2.21. The summed E-state index contributed by atoms with van der Waals surface area (Å²) >= 11 is 11.5. The highest BCUT2D eigenvalue weighted by Crippen LogP contribution is 2.14. The van der Waals surface area contributed by atoms with Crippen LogP contribution in [-0.4, -0.2) is 14.6 Å². The molecule has 0 aliphatic heterocycles. The van der Waals surface area contributed by atoms with Crippen LogP contribution in [0.5, 0.6) is 0 Å². The average Bonchev–Trinajstić information content (AvgIpc) is 2.39. The first-order valence-electron chi connectivity index (χ1n) is 5.53. The molecule has 4 nitrogen and oxygen atoms in total. The van der Waals surface area contributed by atoms with Gasteiger partial charge in [-0.05, 0) is 42.0 Å². The summed E-state index contributed by atoms with van der Waals surface area (Å²) in [6, 6.07) is 12.7. The minimum atomic E-state index is -3.70. The molecule has 2 rings (SSSR count). The van der Waals surface area contributed by atoms with E-state index in [-0.39, 0.29) is 4.90 Å². The van der Waals surface area contributed by atoms with Gasteiger partial charge < -0.3 is 0 Å². The lowest BCUT2D eigenvalue weighted by Gasteiger charge is -2.03. The Kier molecular flexibility index (Phi) is 4.65. The molecule has 0 fully saturated rings. The number of nitrogens with zero attached hydrogens (tertiary/aromatic N) is 1. The van der Waals surface area contributed by atoms with Gasteiger partial charge in [-0.2, -0.15) is 13.5 Å². The number of nitrogens with one attached hydrogen (secondary N) is 1. The molecule has 0 heterocycles. The molecular formula is C13H10Cl2N2O2S. The number of benzene rings is 2. The predicted octanol–water partition coefficient (Wildman–Crippen LogP) is 3.31. The summed E-state index contributed by atoms with van der Waals surface area (Å²) in [7, 11) is -3.70. The summed E-state index contributed by atoms with van der Waals surface area (Å²) in [5, 5.41) is 4.71. The maximum absolute atomic E-state index is 11.9. The van der Waals surface area contributed by atoms with Crippen LogP contribution in [0.15, 0.2) is 58.5 Å². The number of rotatable bonds is 4. The zero-order valence-electron chi connectivity index (χ0n) is 10.1. The molecule has 0 radical (unpaired) electrons. The molecule has 1 N–H and O–H groups in total. The van der Waals surface area contributed by atoms with Crippen molar-refractivity contribution in [2.45, 2.75) is 4.90 Å². The van der Waals surface area contributed by atoms with E-state index in [1.165, 1.54) is 30.5 Å². The summed E-state index contributed by atoms with van der Waals surface area (Å²) in [5.74, 6) is 0. The van der Waals surface area contributed by atoms with Gasteiger partial charge in [0.05, 0.1) is 11.1 Å². The van der Waals surface area contributed by atoms with Crippen LogP contribution in [0.1, 0.15) is 5.56 Å². The Morgan fingerprint density at radius 2 is 1.70 bits per heavy atom. The third kappa shape index (κ3) is 3.96. The van der Waals surface area contributed by atoms with Gasteiger partial charge in [0.2, 0.25) is 0 Å². The first-order chi connectivity index (χ1) is 9.47. The number of hydrogen-bond acceptors (Lipinski definition) is 3. The van der Waals surface area contributed by atoms with Crippen LogP contribution >= 0.6 is 23.2 Å². The summed E-state index contributed by atoms with van der Waals surface area (Å²) in [6.07, 6.45) is 1.37. The van der Waals surface area contributed by atoms with Crippen molar-refractivity contribution in [1.29, 1.82) is 0 Å². The molecule has 0 saturated carbocycles. The smallest absolute Gasteiger partial charge is 0.200 e. The molecule has 0 atom stereocenters. The Morgan fingerprint density at radius 1 is 1.00 bits per heavy atom. The van der Waals surface area contributed by atoms with Gasteiger partial charge in [-0.3, -0.25) is 0 Å². The monoisotopic (exact) mass is 328 g/mol. The Bertz CT molecular complexity index is 728. The molecule has 0 saturated heterocycles. The van der Waals surface area contributed by atoms with Crippen LogP contribution < -0.4 is 4.83 Å². The Morgan fingerprint density at radius 3 is 2.35 bits per heavy atom. The molecule has 20 heavy (non-hydrogen) atoms. The molecular weight excluding hydrogens is 319 g/mol. The van der Waals surface area contributed by atoms with E-state index in [1.54, 1.807) is 24.3 Å². The van der Waals surface area contributed by atoms with E-state index in [0.29, 0.717) is 15.6 Å². The highest BCUT2D eigenvalue weighted by atomic mass is 35.5. The van der Waals surface area contributed by atoms with Gasteiger partial charge in [0.15, 0.2) is 0 Å². The van der Waals surface area contributed by atoms with E-state index in [1.807, 2.05) is 0 Å². The van der Waals surface area contributed by atoms with E-state index >= 15 is 0 Å². The number of hydrazone groups is 1. The molecule has 0 spiro atoms. The van der Waals surface area contributed by atoms with Crippen molar-refractivity contribution in [2.75, 3.05) is 0 Å². The summed E-state index contributed by atoms with van der Waals surface area (Å²) in [5.41, 5.74) is 0.691. The number of sulfonamides is 1. The second kappa shape index (κ2) is 6.26. The Labute approximate surface area is 127 Å². The minimum absolute atomic E-state index is 0.0881. The van der Waals surface area contributed by atoms with Gasteiger partial charge in [0, 0.05) is 10.0 Å². The molecule has 0 aromatic heterocycles. The van der Waals surface area contributed by atoms with Crippen molar-refractivity contribution in [3.05, 3.63) is 64.1 Å². The van der Waals surface area contributed by atoms with Crippen LogP contribution in [0.25, 0.3) is 0 Å². The van der Waals surface area contributed by atoms with E-state index in [9.17, 15) is 8.42 Å². The van der Waals surface area contributed by atoms with Gasteiger partial charge in [-0.15, -0.1) is 0 Å². The largest absolute Gasteiger partial charge is 0.276 e. The molecule has 0 unspecified atom stereocenters. The normalized spacial score (nSPS) is 11.7. The lowest BCUT2D eigenvalue weighted by atomic mass is 10.2. The van der Waals surface area contributed by atoms with Gasteiger partial charge in [0.25, 0.3) is 10.0 Å². The van der Waals surface area contributed by atoms with Crippen LogP contribution in [0.4, 0.5) is 0 Å². The van der Waals surface area contributed by atoms with Crippen molar-refractivity contribution in [2.24, 2.45) is 5.10 Å². The highest BCUT2D eigenvalue weighted by molar-refractivity contribution is 7.89. The molecule has 0 amide bonds. The summed E-state index contributed by atoms with van der Waals surface area (Å²) < 4.78 is 23.8. The van der Waals surface area contributed by atoms with E-state index in [4.69, 9.17) is 23.2 Å². The Balaban J connectivity index is 2.11. The zero-order chi connectivity index (χ0) is 14.6. The third-order valence-corrected chi connectivity index (χ3v) is 4.08. The average molecular weight is 329 g/mol. The molecule has 104 valence electrons. The van der Waals surface area contributed by atoms with Crippen molar-refractivity contribution in [3.8, 4) is 0 Å². The quantitative estimate of drug-likeness (QED) is 0.691. The second-order valence-corrected chi connectivity index (χ2v) is 6.40.